The maximum Gasteiger partial charge on any atom is 0.431 e. The van der Waals surface area contributed by atoms with Gasteiger partial charge in [-0.1, -0.05) is 0 Å². The monoisotopic (exact) mass is 374 g/mol. The van der Waals surface area contributed by atoms with E-state index < -0.39 is 17.4 Å². The van der Waals surface area contributed by atoms with Crippen LogP contribution in [0.3, 0.4) is 0 Å². The van der Waals surface area contributed by atoms with Crippen molar-refractivity contribution in [3.05, 3.63) is 40.3 Å². The van der Waals surface area contributed by atoms with Gasteiger partial charge in [-0.2, -0.15) is 18.3 Å². The van der Waals surface area contributed by atoms with Gasteiger partial charge in [-0.15, -0.1) is 0 Å². The van der Waals surface area contributed by atoms with Crippen molar-refractivity contribution in [2.75, 3.05) is 6.54 Å². The number of nitrogens with one attached hydrogen (secondary N) is 3. The van der Waals surface area contributed by atoms with E-state index in [1.807, 2.05) is 6.92 Å². The molecule has 1 aliphatic rings. The number of nitrogens with two attached hydrogens (primary N) is 1. The predicted molar refractivity (Wildman–Crippen MR) is 97.5 cm³/mol. The first-order valence-corrected chi connectivity index (χ1v) is 8.40. The first kappa shape index (κ1) is 17.5. The number of H-pyrrole nitrogens is 1. The molecule has 0 unspecified atom stereocenters. The fourth-order valence-electron chi connectivity index (χ4n) is 3.68. The van der Waals surface area contributed by atoms with E-state index in [9.17, 15) is 13.2 Å². The number of nitrogens with zero attached hydrogens (tertiary/aromatic N) is 2. The Morgan fingerprint density at radius 3 is 2.67 bits per heavy atom. The van der Waals surface area contributed by atoms with Gasteiger partial charge in [-0.3, -0.25) is 5.10 Å². The summed E-state index contributed by atoms with van der Waals surface area (Å²) in [6, 6.07) is 3.53. The standard InChI is InChI=1S/C18H17F3N6/c1-8-14-13(27-26-8)3-2-12-15(14)9-4-5-24-7-11(9)16(25-12)10(6-22)17(23)18(19,20)21/h2-3,6,22,24H,4-5,7,23H2,1H3,(H,26,27). The van der Waals surface area contributed by atoms with Gasteiger partial charge in [-0.05, 0) is 43.1 Å². The topological polar surface area (TPSA) is 103 Å². The van der Waals surface area contributed by atoms with Crippen LogP contribution in [0.25, 0.3) is 27.4 Å². The predicted octanol–water partition coefficient (Wildman–Crippen LogP) is 2.95. The minimum atomic E-state index is -4.73. The maximum absolute atomic E-state index is 13.2. The Hall–Kier alpha value is -2.94. The third kappa shape index (κ3) is 2.66. The molecule has 0 amide bonds. The SMILES string of the molecule is Cc1[nH]nc2ccc3nc(C(C=N)=C(N)C(F)(F)F)c4c(c3c12)CCNC4. The number of fused-ring (bicyclic) bond motifs is 5. The van der Waals surface area contributed by atoms with E-state index in [0.717, 1.165) is 27.5 Å². The third-order valence-electron chi connectivity index (χ3n) is 4.91. The second-order valence-electron chi connectivity index (χ2n) is 6.52. The van der Waals surface area contributed by atoms with Gasteiger partial charge in [-0.25, -0.2) is 4.98 Å². The molecule has 5 N–H and O–H groups in total. The molecule has 0 radical (unpaired) electrons. The molecule has 0 saturated carbocycles. The van der Waals surface area contributed by atoms with Crippen LogP contribution in [0.1, 0.15) is 22.5 Å². The molecule has 2 aromatic heterocycles. The Morgan fingerprint density at radius 1 is 1.22 bits per heavy atom. The first-order valence-electron chi connectivity index (χ1n) is 8.40. The Morgan fingerprint density at radius 2 is 1.96 bits per heavy atom. The maximum atomic E-state index is 13.2. The lowest BCUT2D eigenvalue weighted by Crippen LogP contribution is -2.27. The van der Waals surface area contributed by atoms with Crippen LogP contribution in [0.5, 0.6) is 0 Å². The summed E-state index contributed by atoms with van der Waals surface area (Å²) in [5.74, 6) is 0. The molecule has 9 heteroatoms. The minimum absolute atomic E-state index is 0.107. The van der Waals surface area contributed by atoms with Gasteiger partial charge in [0.05, 0.1) is 16.7 Å². The molecule has 3 heterocycles. The van der Waals surface area contributed by atoms with Crippen molar-refractivity contribution in [2.45, 2.75) is 26.1 Å². The van der Waals surface area contributed by atoms with Crippen molar-refractivity contribution in [1.82, 2.24) is 20.5 Å². The van der Waals surface area contributed by atoms with E-state index in [1.54, 1.807) is 12.1 Å². The molecule has 1 aromatic carbocycles. The van der Waals surface area contributed by atoms with Crippen molar-refractivity contribution in [2.24, 2.45) is 5.73 Å². The molecule has 140 valence electrons. The van der Waals surface area contributed by atoms with Gasteiger partial charge >= 0.3 is 6.18 Å². The quantitative estimate of drug-likeness (QED) is 0.518. The highest BCUT2D eigenvalue weighted by molar-refractivity contribution is 6.13. The van der Waals surface area contributed by atoms with Crippen LogP contribution < -0.4 is 11.1 Å². The third-order valence-corrected chi connectivity index (χ3v) is 4.91. The van der Waals surface area contributed by atoms with E-state index in [-0.39, 0.29) is 5.69 Å². The Kier molecular flexibility index (Phi) is 3.92. The van der Waals surface area contributed by atoms with Gasteiger partial charge in [0.1, 0.15) is 5.70 Å². The highest BCUT2D eigenvalue weighted by Gasteiger charge is 2.35. The van der Waals surface area contributed by atoms with Crippen molar-refractivity contribution in [3.8, 4) is 0 Å². The van der Waals surface area contributed by atoms with Crippen LogP contribution in [0.4, 0.5) is 13.2 Å². The molecule has 0 saturated heterocycles. The lowest BCUT2D eigenvalue weighted by atomic mass is 9.90. The van der Waals surface area contributed by atoms with Gasteiger partial charge in [0.2, 0.25) is 0 Å². The van der Waals surface area contributed by atoms with E-state index in [4.69, 9.17) is 11.1 Å². The van der Waals surface area contributed by atoms with Gasteiger partial charge in [0, 0.05) is 34.8 Å². The van der Waals surface area contributed by atoms with Crippen molar-refractivity contribution in [1.29, 1.82) is 5.41 Å². The number of hydrogen-bond donors (Lipinski definition) is 4. The highest BCUT2D eigenvalue weighted by Crippen LogP contribution is 2.36. The van der Waals surface area contributed by atoms with Gasteiger partial charge in [0.25, 0.3) is 0 Å². The summed E-state index contributed by atoms with van der Waals surface area (Å²) in [5, 5.41) is 19.8. The lowest BCUT2D eigenvalue weighted by Gasteiger charge is -2.23. The average molecular weight is 374 g/mol. The normalized spacial score (nSPS) is 15.7. The van der Waals surface area contributed by atoms with Crippen molar-refractivity contribution >= 4 is 33.6 Å². The summed E-state index contributed by atoms with van der Waals surface area (Å²) in [6.45, 7) is 2.97. The fourth-order valence-corrected chi connectivity index (χ4v) is 3.68. The number of aromatic nitrogens is 3. The van der Waals surface area contributed by atoms with Gasteiger partial charge < -0.3 is 16.5 Å². The Bertz CT molecular complexity index is 1110. The van der Waals surface area contributed by atoms with Crippen molar-refractivity contribution in [3.63, 3.8) is 0 Å². The van der Waals surface area contributed by atoms with E-state index in [1.165, 1.54) is 0 Å². The summed E-state index contributed by atoms with van der Waals surface area (Å²) < 4.78 is 39.6. The Labute approximate surface area is 152 Å². The molecule has 4 rings (SSSR count). The largest absolute Gasteiger partial charge is 0.431 e. The summed E-state index contributed by atoms with van der Waals surface area (Å²) in [7, 11) is 0. The molecule has 6 nitrogen and oxygen atoms in total. The fraction of sp³-hybridized carbons (Fsp3) is 0.278. The molecule has 0 atom stereocenters. The van der Waals surface area contributed by atoms with Crippen LogP contribution in [-0.2, 0) is 13.0 Å². The molecular weight excluding hydrogens is 357 g/mol. The van der Waals surface area contributed by atoms with Crippen LogP contribution in [-0.4, -0.2) is 34.1 Å². The number of allylic oxidation sites excluding steroid dienone is 2. The summed E-state index contributed by atoms with van der Waals surface area (Å²) >= 11 is 0. The zero-order valence-electron chi connectivity index (χ0n) is 14.5. The molecule has 0 aliphatic carbocycles. The minimum Gasteiger partial charge on any atom is -0.394 e. The lowest BCUT2D eigenvalue weighted by molar-refractivity contribution is -0.0919. The summed E-state index contributed by atoms with van der Waals surface area (Å²) in [5.41, 5.74) is 7.54. The van der Waals surface area contributed by atoms with Crippen molar-refractivity contribution < 1.29 is 13.2 Å². The number of rotatable bonds is 2. The zero-order valence-corrected chi connectivity index (χ0v) is 14.5. The van der Waals surface area contributed by atoms with E-state index >= 15 is 0 Å². The zero-order chi connectivity index (χ0) is 19.3. The van der Waals surface area contributed by atoms with Crippen LogP contribution in [0, 0.1) is 12.3 Å². The second kappa shape index (κ2) is 6.05. The van der Waals surface area contributed by atoms with Crippen LogP contribution in [0.15, 0.2) is 17.8 Å². The number of alkyl halides is 3. The number of hydrogen-bond acceptors (Lipinski definition) is 5. The van der Waals surface area contributed by atoms with Crippen LogP contribution in [0.2, 0.25) is 0 Å². The average Bonchev–Trinajstić information content (AvgIpc) is 3.02. The molecule has 27 heavy (non-hydrogen) atoms. The van der Waals surface area contributed by atoms with Crippen LogP contribution >= 0.6 is 0 Å². The second-order valence-corrected chi connectivity index (χ2v) is 6.52. The molecule has 0 spiro atoms. The number of aryl methyl sites for hydroxylation is 1. The molecule has 3 aromatic rings. The number of pyridine rings is 1. The molecule has 0 bridgehead atoms. The first-order chi connectivity index (χ1) is 12.8. The number of halogens is 3. The highest BCUT2D eigenvalue weighted by atomic mass is 19.4. The molecular formula is C18H17F3N6. The Balaban J connectivity index is 2.14. The summed E-state index contributed by atoms with van der Waals surface area (Å²) in [4.78, 5) is 4.49. The van der Waals surface area contributed by atoms with E-state index in [2.05, 4.69) is 20.5 Å². The molecule has 1 aliphatic heterocycles. The summed E-state index contributed by atoms with van der Waals surface area (Å²) in [6.07, 6.45) is -3.46. The number of aromatic amines is 1. The van der Waals surface area contributed by atoms with Gasteiger partial charge in [0.15, 0.2) is 0 Å². The molecule has 0 fully saturated rings. The van der Waals surface area contributed by atoms with E-state index in [0.29, 0.717) is 36.8 Å². The number of benzene rings is 1. The smallest absolute Gasteiger partial charge is 0.394 e.